The molecule has 1 aromatic heterocycles. The van der Waals surface area contributed by atoms with Crippen LogP contribution in [0, 0.1) is 0 Å². The number of benzene rings is 2. The van der Waals surface area contributed by atoms with Crippen LogP contribution in [-0.4, -0.2) is 29.1 Å². The summed E-state index contributed by atoms with van der Waals surface area (Å²) in [4.78, 5) is 10.4. The highest BCUT2D eigenvalue weighted by Gasteiger charge is 2.26. The lowest BCUT2D eigenvalue weighted by atomic mass is 10.2. The smallest absolute Gasteiger partial charge is 0.247 e. The second-order valence-electron chi connectivity index (χ2n) is 6.42. The van der Waals surface area contributed by atoms with Crippen LogP contribution in [-0.2, 0) is 9.47 Å². The van der Waals surface area contributed by atoms with E-state index in [1.165, 1.54) is 11.8 Å². The third kappa shape index (κ3) is 6.33. The predicted molar refractivity (Wildman–Crippen MR) is 123 cm³/mol. The quantitative estimate of drug-likeness (QED) is 0.279. The molecule has 0 unspecified atom stereocenters. The van der Waals surface area contributed by atoms with Gasteiger partial charge < -0.3 is 14.8 Å². The highest BCUT2D eigenvalue weighted by molar-refractivity contribution is 7.99. The standard InChI is InChI=1S/C22H23Cl2N3O2S/c1-4-28-22(3,29-5-2)27-19-14-20(30-18-11-9-16(23)10-12-18)26-21(25-19)15-7-6-8-17(24)13-15/h6-14H,4-5H2,1-3H3,(H,25,26,27). The number of hydrogen-bond acceptors (Lipinski definition) is 6. The van der Waals surface area contributed by atoms with E-state index in [0.29, 0.717) is 34.9 Å². The van der Waals surface area contributed by atoms with E-state index in [4.69, 9.17) is 37.7 Å². The minimum atomic E-state index is -1.01. The first-order valence-corrected chi connectivity index (χ1v) is 11.1. The van der Waals surface area contributed by atoms with Crippen LogP contribution < -0.4 is 5.32 Å². The molecule has 1 heterocycles. The first-order valence-electron chi connectivity index (χ1n) is 9.55. The average Bonchev–Trinajstić information content (AvgIpc) is 2.70. The molecular formula is C22H23Cl2N3O2S. The SMILES string of the molecule is CCOC(C)(Nc1cc(Sc2ccc(Cl)cc2)nc(-c2cccc(Cl)c2)n1)OCC. The van der Waals surface area contributed by atoms with Crippen molar-refractivity contribution in [2.45, 2.75) is 36.6 Å². The van der Waals surface area contributed by atoms with Gasteiger partial charge in [-0.2, -0.15) is 0 Å². The Morgan fingerprint density at radius 1 is 0.933 bits per heavy atom. The molecule has 30 heavy (non-hydrogen) atoms. The molecule has 8 heteroatoms. The summed E-state index contributed by atoms with van der Waals surface area (Å²) in [5, 5.41) is 5.33. The Bertz CT molecular complexity index is 980. The van der Waals surface area contributed by atoms with Crippen LogP contribution in [0.1, 0.15) is 20.8 Å². The number of anilines is 1. The second kappa shape index (κ2) is 10.5. The minimum absolute atomic E-state index is 0.488. The fourth-order valence-corrected chi connectivity index (χ4v) is 3.95. The Morgan fingerprint density at radius 2 is 1.63 bits per heavy atom. The van der Waals surface area contributed by atoms with Crippen LogP contribution in [0.25, 0.3) is 11.4 Å². The van der Waals surface area contributed by atoms with Gasteiger partial charge in [0.05, 0.1) is 0 Å². The molecule has 0 amide bonds. The molecule has 0 aliphatic heterocycles. The molecule has 3 aromatic rings. The van der Waals surface area contributed by atoms with Gasteiger partial charge in [-0.1, -0.05) is 47.1 Å². The highest BCUT2D eigenvalue weighted by Crippen LogP contribution is 2.31. The molecule has 158 valence electrons. The van der Waals surface area contributed by atoms with Crippen LogP contribution in [0.5, 0.6) is 0 Å². The van der Waals surface area contributed by atoms with Crippen molar-refractivity contribution < 1.29 is 9.47 Å². The number of aromatic nitrogens is 2. The molecule has 0 saturated carbocycles. The fraction of sp³-hybridized carbons (Fsp3) is 0.273. The number of nitrogens with one attached hydrogen (secondary N) is 1. The lowest BCUT2D eigenvalue weighted by molar-refractivity contribution is -0.200. The van der Waals surface area contributed by atoms with E-state index in [2.05, 4.69) is 10.3 Å². The summed E-state index contributed by atoms with van der Waals surface area (Å²) in [5.74, 6) is 0.126. The van der Waals surface area contributed by atoms with E-state index in [1.54, 1.807) is 0 Å². The van der Waals surface area contributed by atoms with Gasteiger partial charge in [-0.05, 0) is 50.2 Å². The normalized spacial score (nSPS) is 11.5. The third-order valence-electron chi connectivity index (χ3n) is 4.02. The Labute approximate surface area is 191 Å². The molecule has 0 spiro atoms. The zero-order valence-electron chi connectivity index (χ0n) is 17.0. The van der Waals surface area contributed by atoms with Gasteiger partial charge in [0.15, 0.2) is 5.82 Å². The number of rotatable bonds is 9. The van der Waals surface area contributed by atoms with Crippen LogP contribution in [0.15, 0.2) is 64.5 Å². The van der Waals surface area contributed by atoms with E-state index in [9.17, 15) is 0 Å². The van der Waals surface area contributed by atoms with Crippen molar-refractivity contribution in [3.05, 3.63) is 64.6 Å². The summed E-state index contributed by atoms with van der Waals surface area (Å²) in [6.45, 7) is 6.63. The third-order valence-corrected chi connectivity index (χ3v) is 5.43. The molecule has 5 nitrogen and oxygen atoms in total. The van der Waals surface area contributed by atoms with Gasteiger partial charge in [-0.15, -0.1) is 0 Å². The topological polar surface area (TPSA) is 56.3 Å². The van der Waals surface area contributed by atoms with E-state index in [1.807, 2.05) is 75.4 Å². The van der Waals surface area contributed by atoms with Crippen LogP contribution >= 0.6 is 35.0 Å². The Kier molecular flexibility index (Phi) is 7.97. The highest BCUT2D eigenvalue weighted by atomic mass is 35.5. The van der Waals surface area contributed by atoms with Crippen molar-refractivity contribution in [2.24, 2.45) is 0 Å². The maximum absolute atomic E-state index is 6.18. The predicted octanol–water partition coefficient (Wildman–Crippen LogP) is 6.76. The Morgan fingerprint density at radius 3 is 2.27 bits per heavy atom. The summed E-state index contributed by atoms with van der Waals surface area (Å²) < 4.78 is 11.5. The van der Waals surface area contributed by atoms with E-state index >= 15 is 0 Å². The van der Waals surface area contributed by atoms with E-state index < -0.39 is 5.91 Å². The summed E-state index contributed by atoms with van der Waals surface area (Å²) >= 11 is 13.7. The number of nitrogens with zero attached hydrogens (tertiary/aromatic N) is 2. The summed E-state index contributed by atoms with van der Waals surface area (Å²) in [7, 11) is 0. The summed E-state index contributed by atoms with van der Waals surface area (Å²) in [6, 6.07) is 16.9. The molecule has 0 atom stereocenters. The zero-order chi connectivity index (χ0) is 21.6. The summed E-state index contributed by atoms with van der Waals surface area (Å²) in [6.07, 6.45) is 0. The lowest BCUT2D eigenvalue weighted by Crippen LogP contribution is -2.41. The van der Waals surface area contributed by atoms with Gasteiger partial charge in [0.2, 0.25) is 5.91 Å². The molecule has 0 radical (unpaired) electrons. The van der Waals surface area contributed by atoms with Gasteiger partial charge in [0.1, 0.15) is 10.8 Å². The van der Waals surface area contributed by atoms with Crippen LogP contribution in [0.3, 0.4) is 0 Å². The zero-order valence-corrected chi connectivity index (χ0v) is 19.3. The van der Waals surface area contributed by atoms with Gasteiger partial charge in [0.25, 0.3) is 0 Å². The molecule has 0 bridgehead atoms. The minimum Gasteiger partial charge on any atom is -0.333 e. The maximum Gasteiger partial charge on any atom is 0.247 e. The molecule has 0 saturated heterocycles. The van der Waals surface area contributed by atoms with Crippen molar-refractivity contribution in [3.63, 3.8) is 0 Å². The fourth-order valence-electron chi connectivity index (χ4n) is 2.82. The molecule has 0 aliphatic rings. The summed E-state index contributed by atoms with van der Waals surface area (Å²) in [5.41, 5.74) is 0.818. The lowest BCUT2D eigenvalue weighted by Gasteiger charge is -2.30. The molecular weight excluding hydrogens is 441 g/mol. The van der Waals surface area contributed by atoms with Gasteiger partial charge in [-0.3, -0.25) is 0 Å². The average molecular weight is 464 g/mol. The van der Waals surface area contributed by atoms with Crippen molar-refractivity contribution >= 4 is 40.8 Å². The van der Waals surface area contributed by atoms with Crippen molar-refractivity contribution in [2.75, 3.05) is 18.5 Å². The molecule has 3 rings (SSSR count). The van der Waals surface area contributed by atoms with Crippen LogP contribution in [0.2, 0.25) is 10.0 Å². The molecule has 1 N–H and O–H groups in total. The van der Waals surface area contributed by atoms with Crippen molar-refractivity contribution in [1.29, 1.82) is 0 Å². The number of hydrogen-bond donors (Lipinski definition) is 1. The largest absolute Gasteiger partial charge is 0.333 e. The monoisotopic (exact) mass is 463 g/mol. The van der Waals surface area contributed by atoms with E-state index in [0.717, 1.165) is 15.5 Å². The number of halogens is 2. The first kappa shape index (κ1) is 22.8. The number of ether oxygens (including phenoxy) is 2. The Hall–Kier alpha value is -1.83. The first-order chi connectivity index (χ1) is 14.4. The van der Waals surface area contributed by atoms with Gasteiger partial charge in [-0.25, -0.2) is 9.97 Å². The van der Waals surface area contributed by atoms with Gasteiger partial charge >= 0.3 is 0 Å². The van der Waals surface area contributed by atoms with Crippen molar-refractivity contribution in [3.8, 4) is 11.4 Å². The van der Waals surface area contributed by atoms with Crippen LogP contribution in [0.4, 0.5) is 5.82 Å². The Balaban J connectivity index is 2.00. The van der Waals surface area contributed by atoms with Crippen molar-refractivity contribution in [1.82, 2.24) is 9.97 Å². The second-order valence-corrected chi connectivity index (χ2v) is 8.38. The molecule has 0 aliphatic carbocycles. The van der Waals surface area contributed by atoms with Gasteiger partial charge in [0, 0.05) is 46.7 Å². The molecule has 0 fully saturated rings. The maximum atomic E-state index is 6.18. The molecule has 2 aromatic carbocycles. The van der Waals surface area contributed by atoms with E-state index in [-0.39, 0.29) is 0 Å².